The van der Waals surface area contributed by atoms with Crippen molar-refractivity contribution in [2.75, 3.05) is 20.1 Å². The molecule has 0 aliphatic carbocycles. The molecule has 1 aliphatic heterocycles. The fourth-order valence-electron chi connectivity index (χ4n) is 2.78. The summed E-state index contributed by atoms with van der Waals surface area (Å²) in [5.41, 5.74) is 0.542. The molecule has 1 amide bonds. The van der Waals surface area contributed by atoms with Crippen LogP contribution in [0.5, 0.6) is 0 Å². The van der Waals surface area contributed by atoms with Gasteiger partial charge in [0.05, 0.1) is 6.04 Å². The van der Waals surface area contributed by atoms with Crippen LogP contribution in [0.4, 0.5) is 4.39 Å². The molecule has 1 aliphatic rings. The van der Waals surface area contributed by atoms with Gasteiger partial charge in [0.2, 0.25) is 5.91 Å². The molecule has 114 valence electrons. The summed E-state index contributed by atoms with van der Waals surface area (Å²) in [4.78, 5) is 25.8. The predicted molar refractivity (Wildman–Crippen MR) is 78.6 cm³/mol. The third-order valence-corrected chi connectivity index (χ3v) is 3.93. The van der Waals surface area contributed by atoms with E-state index < -0.39 is 0 Å². The number of benzene rings is 1. The highest BCUT2D eigenvalue weighted by molar-refractivity contribution is 5.95. The number of Topliss-reactive ketones (excluding diaryl/α,β-unsaturated/α-hetero) is 1. The SMILES string of the molecule is CNC(=O)C1CCCN1CCCC(=O)c1ccc(F)cc1. The summed E-state index contributed by atoms with van der Waals surface area (Å²) < 4.78 is 12.8. The van der Waals surface area contributed by atoms with Gasteiger partial charge in [0, 0.05) is 19.0 Å². The first-order chi connectivity index (χ1) is 10.1. The van der Waals surface area contributed by atoms with E-state index in [4.69, 9.17) is 0 Å². The van der Waals surface area contributed by atoms with Gasteiger partial charge >= 0.3 is 0 Å². The van der Waals surface area contributed by atoms with E-state index in [9.17, 15) is 14.0 Å². The maximum atomic E-state index is 12.8. The second-order valence-corrected chi connectivity index (χ2v) is 5.34. The van der Waals surface area contributed by atoms with Crippen molar-refractivity contribution in [3.63, 3.8) is 0 Å². The van der Waals surface area contributed by atoms with Gasteiger partial charge in [-0.3, -0.25) is 14.5 Å². The number of nitrogens with one attached hydrogen (secondary N) is 1. The maximum Gasteiger partial charge on any atom is 0.237 e. The zero-order chi connectivity index (χ0) is 15.2. The quantitative estimate of drug-likeness (QED) is 0.816. The van der Waals surface area contributed by atoms with E-state index in [1.165, 1.54) is 24.3 Å². The molecule has 1 atom stereocenters. The smallest absolute Gasteiger partial charge is 0.237 e. The molecular formula is C16H21FN2O2. The van der Waals surface area contributed by atoms with Crippen LogP contribution in [0.25, 0.3) is 0 Å². The van der Waals surface area contributed by atoms with Crippen LogP contribution < -0.4 is 5.32 Å². The first-order valence-electron chi connectivity index (χ1n) is 7.36. The van der Waals surface area contributed by atoms with E-state index in [1.807, 2.05) is 0 Å². The van der Waals surface area contributed by atoms with Gasteiger partial charge < -0.3 is 5.32 Å². The normalized spacial score (nSPS) is 18.7. The molecule has 1 heterocycles. The lowest BCUT2D eigenvalue weighted by atomic mass is 10.1. The summed E-state index contributed by atoms with van der Waals surface area (Å²) in [6.07, 6.45) is 3.03. The summed E-state index contributed by atoms with van der Waals surface area (Å²) in [5, 5.41) is 2.68. The Morgan fingerprint density at radius 2 is 2.05 bits per heavy atom. The van der Waals surface area contributed by atoms with Crippen LogP contribution >= 0.6 is 0 Å². The number of halogens is 1. The van der Waals surface area contributed by atoms with Gasteiger partial charge in [-0.1, -0.05) is 0 Å². The second-order valence-electron chi connectivity index (χ2n) is 5.34. The third-order valence-electron chi connectivity index (χ3n) is 3.93. The van der Waals surface area contributed by atoms with Crippen LogP contribution in [0.15, 0.2) is 24.3 Å². The zero-order valence-electron chi connectivity index (χ0n) is 12.3. The van der Waals surface area contributed by atoms with E-state index >= 15 is 0 Å². The maximum absolute atomic E-state index is 12.8. The van der Waals surface area contributed by atoms with Crippen LogP contribution in [0.1, 0.15) is 36.0 Å². The minimum atomic E-state index is -0.336. The fourth-order valence-corrected chi connectivity index (χ4v) is 2.78. The third kappa shape index (κ3) is 4.11. The molecule has 1 fully saturated rings. The Kier molecular flexibility index (Phi) is 5.44. The summed E-state index contributed by atoms with van der Waals surface area (Å²) in [5.74, 6) is -0.264. The van der Waals surface area contributed by atoms with Crippen molar-refractivity contribution >= 4 is 11.7 Å². The topological polar surface area (TPSA) is 49.4 Å². The highest BCUT2D eigenvalue weighted by atomic mass is 19.1. The van der Waals surface area contributed by atoms with Crippen molar-refractivity contribution in [3.05, 3.63) is 35.6 Å². The number of amides is 1. The van der Waals surface area contributed by atoms with Crippen molar-refractivity contribution in [2.24, 2.45) is 0 Å². The van der Waals surface area contributed by atoms with Crippen molar-refractivity contribution in [1.29, 1.82) is 0 Å². The number of ketones is 1. The Morgan fingerprint density at radius 3 is 2.71 bits per heavy atom. The summed E-state index contributed by atoms with van der Waals surface area (Å²) in [6, 6.07) is 5.57. The lowest BCUT2D eigenvalue weighted by molar-refractivity contribution is -0.124. The molecule has 1 unspecified atom stereocenters. The predicted octanol–water partition coefficient (Wildman–Crippen LogP) is 2.00. The van der Waals surface area contributed by atoms with Crippen molar-refractivity contribution < 1.29 is 14.0 Å². The summed E-state index contributed by atoms with van der Waals surface area (Å²) in [6.45, 7) is 1.65. The Labute approximate surface area is 124 Å². The van der Waals surface area contributed by atoms with Gasteiger partial charge in [0.25, 0.3) is 0 Å². The lowest BCUT2D eigenvalue weighted by Gasteiger charge is -2.22. The molecule has 5 heteroatoms. The van der Waals surface area contributed by atoms with Crippen LogP contribution in [0.2, 0.25) is 0 Å². The average Bonchev–Trinajstić information content (AvgIpc) is 2.95. The molecule has 1 aromatic rings. The number of rotatable bonds is 6. The number of hydrogen-bond acceptors (Lipinski definition) is 3. The number of carbonyl (C=O) groups is 2. The minimum Gasteiger partial charge on any atom is -0.358 e. The Hall–Kier alpha value is -1.75. The van der Waals surface area contributed by atoms with E-state index in [0.717, 1.165) is 25.9 Å². The van der Waals surface area contributed by atoms with E-state index in [-0.39, 0.29) is 23.5 Å². The molecule has 0 bridgehead atoms. The molecule has 0 radical (unpaired) electrons. The second kappa shape index (κ2) is 7.31. The standard InChI is InChI=1S/C16H21FN2O2/c1-18-16(21)14-4-2-10-19(14)11-3-5-15(20)12-6-8-13(17)9-7-12/h6-9,14H,2-5,10-11H2,1H3,(H,18,21). The molecule has 1 aromatic carbocycles. The van der Waals surface area contributed by atoms with Gasteiger partial charge in [0.1, 0.15) is 5.82 Å². The highest BCUT2D eigenvalue weighted by Gasteiger charge is 2.29. The molecule has 1 saturated heterocycles. The van der Waals surface area contributed by atoms with Crippen LogP contribution in [0.3, 0.4) is 0 Å². The van der Waals surface area contributed by atoms with E-state index in [0.29, 0.717) is 18.4 Å². The molecule has 4 nitrogen and oxygen atoms in total. The highest BCUT2D eigenvalue weighted by Crippen LogP contribution is 2.18. The Bertz CT molecular complexity index is 502. The minimum absolute atomic E-state index is 0.0192. The number of likely N-dealkylation sites (N-methyl/N-ethyl adjacent to an activating group) is 1. The summed E-state index contributed by atoms with van der Waals surface area (Å²) in [7, 11) is 1.65. The molecule has 21 heavy (non-hydrogen) atoms. The van der Waals surface area contributed by atoms with Crippen LogP contribution in [-0.4, -0.2) is 42.8 Å². The first-order valence-corrected chi connectivity index (χ1v) is 7.36. The number of carbonyl (C=O) groups excluding carboxylic acids is 2. The van der Waals surface area contributed by atoms with Crippen molar-refractivity contribution in [3.8, 4) is 0 Å². The van der Waals surface area contributed by atoms with E-state index in [2.05, 4.69) is 10.2 Å². The molecule has 2 rings (SSSR count). The number of nitrogens with zero attached hydrogens (tertiary/aromatic N) is 1. The van der Waals surface area contributed by atoms with Crippen LogP contribution in [-0.2, 0) is 4.79 Å². The lowest BCUT2D eigenvalue weighted by Crippen LogP contribution is -2.42. The Balaban J connectivity index is 1.79. The molecule has 0 saturated carbocycles. The largest absolute Gasteiger partial charge is 0.358 e. The van der Waals surface area contributed by atoms with Crippen molar-refractivity contribution in [1.82, 2.24) is 10.2 Å². The van der Waals surface area contributed by atoms with Gasteiger partial charge in [0.15, 0.2) is 5.78 Å². The number of hydrogen-bond donors (Lipinski definition) is 1. The summed E-state index contributed by atoms with van der Waals surface area (Å²) >= 11 is 0. The molecule has 0 spiro atoms. The van der Waals surface area contributed by atoms with Crippen molar-refractivity contribution in [2.45, 2.75) is 31.7 Å². The van der Waals surface area contributed by atoms with Gasteiger partial charge in [-0.25, -0.2) is 4.39 Å². The Morgan fingerprint density at radius 1 is 1.33 bits per heavy atom. The van der Waals surface area contributed by atoms with Crippen LogP contribution in [0, 0.1) is 5.82 Å². The van der Waals surface area contributed by atoms with Gasteiger partial charge in [-0.15, -0.1) is 0 Å². The van der Waals surface area contributed by atoms with E-state index in [1.54, 1.807) is 7.05 Å². The van der Waals surface area contributed by atoms with Gasteiger partial charge in [-0.05, 0) is 56.6 Å². The molecule has 0 aromatic heterocycles. The molecular weight excluding hydrogens is 271 g/mol. The zero-order valence-corrected chi connectivity index (χ0v) is 12.3. The molecule has 1 N–H and O–H groups in total. The average molecular weight is 292 g/mol. The fraction of sp³-hybridized carbons (Fsp3) is 0.500. The number of likely N-dealkylation sites (tertiary alicyclic amines) is 1. The van der Waals surface area contributed by atoms with Gasteiger partial charge in [-0.2, -0.15) is 0 Å². The first kappa shape index (κ1) is 15.6. The monoisotopic (exact) mass is 292 g/mol.